The second-order valence-corrected chi connectivity index (χ2v) is 5.92. The number of rotatable bonds is 5. The van der Waals surface area contributed by atoms with Crippen LogP contribution in [0.25, 0.3) is 0 Å². The third kappa shape index (κ3) is 3.56. The minimum absolute atomic E-state index is 0.321. The van der Waals surface area contributed by atoms with Gasteiger partial charge in [0.2, 0.25) is 0 Å². The van der Waals surface area contributed by atoms with Crippen LogP contribution in [0.15, 0.2) is 30.3 Å². The van der Waals surface area contributed by atoms with E-state index in [0.29, 0.717) is 5.54 Å². The lowest BCUT2D eigenvalue weighted by molar-refractivity contribution is 0.0481. The Labute approximate surface area is 117 Å². The molecular weight excluding hydrogens is 234 g/mol. The van der Waals surface area contributed by atoms with Gasteiger partial charge in [0.25, 0.3) is 0 Å². The van der Waals surface area contributed by atoms with Crippen molar-refractivity contribution in [2.24, 2.45) is 5.73 Å². The Morgan fingerprint density at radius 1 is 1.16 bits per heavy atom. The molecule has 0 spiro atoms. The maximum absolute atomic E-state index is 5.80. The molecule has 1 aliphatic rings. The molecule has 0 amide bonds. The maximum Gasteiger partial charge on any atom is 0.0239 e. The number of benzene rings is 1. The second kappa shape index (κ2) is 6.51. The summed E-state index contributed by atoms with van der Waals surface area (Å²) < 4.78 is 0. The van der Waals surface area contributed by atoms with Crippen LogP contribution < -0.4 is 5.73 Å². The molecule has 1 heterocycles. The lowest BCUT2D eigenvalue weighted by Gasteiger charge is -2.46. The van der Waals surface area contributed by atoms with Crippen LogP contribution in [0.5, 0.6) is 0 Å². The maximum atomic E-state index is 5.80. The van der Waals surface area contributed by atoms with Crippen LogP contribution in [0.4, 0.5) is 0 Å². The van der Waals surface area contributed by atoms with Gasteiger partial charge in [0.15, 0.2) is 0 Å². The minimum atomic E-state index is 0.321. The van der Waals surface area contributed by atoms with Gasteiger partial charge in [-0.3, -0.25) is 4.90 Å². The largest absolute Gasteiger partial charge is 0.330 e. The number of hydrogen-bond acceptors (Lipinski definition) is 3. The van der Waals surface area contributed by atoms with Crippen LogP contribution in [0.3, 0.4) is 0 Å². The Balaban J connectivity index is 1.91. The predicted molar refractivity (Wildman–Crippen MR) is 81.0 cm³/mol. The fourth-order valence-corrected chi connectivity index (χ4v) is 3.16. The van der Waals surface area contributed by atoms with Gasteiger partial charge >= 0.3 is 0 Å². The topological polar surface area (TPSA) is 32.5 Å². The molecule has 0 atom stereocenters. The molecule has 0 aromatic heterocycles. The van der Waals surface area contributed by atoms with Gasteiger partial charge in [-0.25, -0.2) is 0 Å². The van der Waals surface area contributed by atoms with Gasteiger partial charge in [0, 0.05) is 25.2 Å². The third-order valence-electron chi connectivity index (χ3n) is 4.59. The van der Waals surface area contributed by atoms with Gasteiger partial charge in [-0.15, -0.1) is 0 Å². The van der Waals surface area contributed by atoms with Crippen molar-refractivity contribution in [3.8, 4) is 0 Å². The van der Waals surface area contributed by atoms with Crippen LogP contribution in [0.2, 0.25) is 0 Å². The lowest BCUT2D eigenvalue weighted by atomic mass is 9.83. The molecule has 1 fully saturated rings. The van der Waals surface area contributed by atoms with E-state index in [9.17, 15) is 0 Å². The first-order valence-electron chi connectivity index (χ1n) is 7.30. The van der Waals surface area contributed by atoms with E-state index >= 15 is 0 Å². The molecule has 2 N–H and O–H groups in total. The molecule has 0 unspecified atom stereocenters. The van der Waals surface area contributed by atoms with E-state index in [4.69, 9.17) is 5.73 Å². The summed E-state index contributed by atoms with van der Waals surface area (Å²) in [5, 5.41) is 0. The molecule has 2 rings (SSSR count). The summed E-state index contributed by atoms with van der Waals surface area (Å²) >= 11 is 0. The molecule has 0 bridgehead atoms. The second-order valence-electron chi connectivity index (χ2n) is 5.92. The van der Waals surface area contributed by atoms with Gasteiger partial charge < -0.3 is 10.6 Å². The van der Waals surface area contributed by atoms with Crippen molar-refractivity contribution in [3.05, 3.63) is 35.9 Å². The molecule has 0 saturated carbocycles. The summed E-state index contributed by atoms with van der Waals surface area (Å²) in [6, 6.07) is 10.8. The zero-order chi connectivity index (χ0) is 13.7. The van der Waals surface area contributed by atoms with E-state index in [0.717, 1.165) is 19.5 Å². The first kappa shape index (κ1) is 14.5. The van der Waals surface area contributed by atoms with E-state index in [1.54, 1.807) is 0 Å². The van der Waals surface area contributed by atoms with E-state index in [1.807, 2.05) is 0 Å². The lowest BCUT2D eigenvalue weighted by Crippen LogP contribution is -2.53. The zero-order valence-corrected chi connectivity index (χ0v) is 12.3. The van der Waals surface area contributed by atoms with Crippen LogP contribution in [-0.4, -0.2) is 49.1 Å². The Morgan fingerprint density at radius 3 is 2.32 bits per heavy atom. The van der Waals surface area contributed by atoms with Gasteiger partial charge in [0.05, 0.1) is 0 Å². The third-order valence-corrected chi connectivity index (χ3v) is 4.59. The normalized spacial score (nSPS) is 19.8. The summed E-state index contributed by atoms with van der Waals surface area (Å²) in [6.45, 7) is 4.21. The molecule has 0 aliphatic carbocycles. The van der Waals surface area contributed by atoms with Gasteiger partial charge in [-0.05, 0) is 45.5 Å². The predicted octanol–water partition coefficient (Wildman–Crippen LogP) is 1.93. The molecule has 1 aliphatic heterocycles. The van der Waals surface area contributed by atoms with E-state index in [-0.39, 0.29) is 0 Å². The van der Waals surface area contributed by atoms with Gasteiger partial charge in [-0.1, -0.05) is 30.3 Å². The highest BCUT2D eigenvalue weighted by Gasteiger charge is 2.35. The highest BCUT2D eigenvalue weighted by atomic mass is 15.2. The highest BCUT2D eigenvalue weighted by Crippen LogP contribution is 2.30. The number of piperidine rings is 1. The Bertz CT molecular complexity index is 367. The van der Waals surface area contributed by atoms with Gasteiger partial charge in [-0.2, -0.15) is 0 Å². The average molecular weight is 261 g/mol. The summed E-state index contributed by atoms with van der Waals surface area (Å²) in [5.41, 5.74) is 7.54. The summed E-state index contributed by atoms with van der Waals surface area (Å²) in [5.74, 6) is 0. The molecule has 106 valence electrons. The molecule has 19 heavy (non-hydrogen) atoms. The van der Waals surface area contributed by atoms with E-state index < -0.39 is 0 Å². The van der Waals surface area contributed by atoms with Crippen molar-refractivity contribution < 1.29 is 0 Å². The molecule has 1 aromatic rings. The first-order chi connectivity index (χ1) is 9.16. The smallest absolute Gasteiger partial charge is 0.0239 e. The molecule has 0 radical (unpaired) electrons. The van der Waals surface area contributed by atoms with Crippen molar-refractivity contribution >= 4 is 0 Å². The standard InChI is InChI=1S/C16H27N3/c1-18(2)16(8-11-17)9-12-19(13-10-16)14-15-6-4-3-5-7-15/h3-7H,8-14,17H2,1-2H3. The molecule has 3 heteroatoms. The average Bonchev–Trinajstić information content (AvgIpc) is 2.42. The van der Waals surface area contributed by atoms with Crippen molar-refractivity contribution in [2.45, 2.75) is 31.3 Å². The van der Waals surface area contributed by atoms with Crippen LogP contribution in [0.1, 0.15) is 24.8 Å². The molecule has 1 aromatic carbocycles. The van der Waals surface area contributed by atoms with E-state index in [2.05, 4.69) is 54.2 Å². The summed E-state index contributed by atoms with van der Waals surface area (Å²) in [7, 11) is 4.39. The number of nitrogens with zero attached hydrogens (tertiary/aromatic N) is 2. The van der Waals surface area contributed by atoms with Crippen LogP contribution in [-0.2, 0) is 6.54 Å². The highest BCUT2D eigenvalue weighted by molar-refractivity contribution is 5.14. The van der Waals surface area contributed by atoms with Crippen molar-refractivity contribution in [1.82, 2.24) is 9.80 Å². The monoisotopic (exact) mass is 261 g/mol. The quantitative estimate of drug-likeness (QED) is 0.879. The van der Waals surface area contributed by atoms with E-state index in [1.165, 1.54) is 31.5 Å². The Kier molecular flexibility index (Phi) is 4.97. The first-order valence-corrected chi connectivity index (χ1v) is 7.30. The minimum Gasteiger partial charge on any atom is -0.330 e. The van der Waals surface area contributed by atoms with Crippen LogP contribution in [0, 0.1) is 0 Å². The molecular formula is C16H27N3. The molecule has 1 saturated heterocycles. The number of nitrogens with two attached hydrogens (primary N) is 1. The fourth-order valence-electron chi connectivity index (χ4n) is 3.16. The Hall–Kier alpha value is -0.900. The zero-order valence-electron chi connectivity index (χ0n) is 12.3. The Morgan fingerprint density at radius 2 is 1.79 bits per heavy atom. The van der Waals surface area contributed by atoms with Crippen molar-refractivity contribution in [1.29, 1.82) is 0 Å². The van der Waals surface area contributed by atoms with Gasteiger partial charge in [0.1, 0.15) is 0 Å². The molecule has 3 nitrogen and oxygen atoms in total. The SMILES string of the molecule is CN(C)C1(CCN)CCN(Cc2ccccc2)CC1. The van der Waals surface area contributed by atoms with Crippen LogP contribution >= 0.6 is 0 Å². The number of hydrogen-bond donors (Lipinski definition) is 1. The number of likely N-dealkylation sites (tertiary alicyclic amines) is 1. The fraction of sp³-hybridized carbons (Fsp3) is 0.625. The summed E-state index contributed by atoms with van der Waals surface area (Å²) in [6.07, 6.45) is 3.56. The summed E-state index contributed by atoms with van der Waals surface area (Å²) in [4.78, 5) is 4.95. The van der Waals surface area contributed by atoms with Crippen molar-refractivity contribution in [3.63, 3.8) is 0 Å². The van der Waals surface area contributed by atoms with Crippen molar-refractivity contribution in [2.75, 3.05) is 33.7 Å².